The Morgan fingerprint density at radius 3 is 2.56 bits per heavy atom. The van der Waals surface area contributed by atoms with Gasteiger partial charge in [0.25, 0.3) is 0 Å². The second-order valence-electron chi connectivity index (χ2n) is 2.66. The van der Waals surface area contributed by atoms with E-state index in [1.54, 1.807) is 0 Å². The predicted octanol–water partition coefficient (Wildman–Crippen LogP) is 0.653. The first-order valence-electron chi connectivity index (χ1n) is 3.22. The molecule has 2 heteroatoms. The monoisotopic (exact) mass is 128 g/mol. The Hall–Kier alpha value is -0.340. The fourth-order valence-electron chi connectivity index (χ4n) is 1.16. The second kappa shape index (κ2) is 2.50. The van der Waals surface area contributed by atoms with Gasteiger partial charge in [0.05, 0.1) is 0 Å². The molecule has 1 aliphatic rings. The van der Waals surface area contributed by atoms with Crippen molar-refractivity contribution in [2.24, 2.45) is 5.92 Å². The van der Waals surface area contributed by atoms with Crippen LogP contribution in [0.4, 0.5) is 0 Å². The van der Waals surface area contributed by atoms with Gasteiger partial charge in [0.15, 0.2) is 6.29 Å². The van der Waals surface area contributed by atoms with Gasteiger partial charge < -0.3 is 10.2 Å². The average Bonchev–Trinajstić information content (AvgIpc) is 2.14. The standard InChI is InChI=1S/C7H12O2/c1-5-2-3-6(4-5)7(8)9/h2,6-9H,3-4H2,1H3. The van der Waals surface area contributed by atoms with Crippen LogP contribution in [-0.4, -0.2) is 16.5 Å². The molecule has 1 rings (SSSR count). The zero-order chi connectivity index (χ0) is 6.85. The van der Waals surface area contributed by atoms with Crippen LogP contribution in [0.3, 0.4) is 0 Å². The summed E-state index contributed by atoms with van der Waals surface area (Å²) in [6, 6.07) is 0. The molecule has 0 heterocycles. The topological polar surface area (TPSA) is 40.5 Å². The van der Waals surface area contributed by atoms with E-state index in [1.165, 1.54) is 5.57 Å². The molecule has 0 bridgehead atoms. The maximum atomic E-state index is 8.69. The van der Waals surface area contributed by atoms with Crippen molar-refractivity contribution < 1.29 is 10.2 Å². The van der Waals surface area contributed by atoms with Crippen LogP contribution in [-0.2, 0) is 0 Å². The number of aliphatic hydroxyl groups excluding tert-OH is 1. The van der Waals surface area contributed by atoms with Crippen molar-refractivity contribution in [3.05, 3.63) is 11.6 Å². The largest absolute Gasteiger partial charge is 0.368 e. The van der Waals surface area contributed by atoms with Crippen LogP contribution in [0.25, 0.3) is 0 Å². The smallest absolute Gasteiger partial charge is 0.154 e. The summed E-state index contributed by atoms with van der Waals surface area (Å²) in [5.41, 5.74) is 1.27. The molecule has 0 radical (unpaired) electrons. The first-order valence-corrected chi connectivity index (χ1v) is 3.22. The van der Waals surface area contributed by atoms with Crippen molar-refractivity contribution in [3.63, 3.8) is 0 Å². The summed E-state index contributed by atoms with van der Waals surface area (Å²) in [6.07, 6.45) is 2.60. The molecular formula is C7H12O2. The molecule has 1 aliphatic carbocycles. The van der Waals surface area contributed by atoms with Crippen LogP contribution in [0.2, 0.25) is 0 Å². The number of hydrogen-bond acceptors (Lipinski definition) is 2. The third kappa shape index (κ3) is 1.53. The molecule has 0 aromatic carbocycles. The normalized spacial score (nSPS) is 27.1. The predicted molar refractivity (Wildman–Crippen MR) is 34.7 cm³/mol. The molecule has 0 spiro atoms. The molecule has 0 aromatic heterocycles. The van der Waals surface area contributed by atoms with Crippen LogP contribution in [0.1, 0.15) is 19.8 Å². The lowest BCUT2D eigenvalue weighted by Crippen LogP contribution is -2.16. The van der Waals surface area contributed by atoms with Gasteiger partial charge in [0, 0.05) is 5.92 Å². The summed E-state index contributed by atoms with van der Waals surface area (Å²) in [5.74, 6) is 0.0602. The molecule has 52 valence electrons. The summed E-state index contributed by atoms with van der Waals surface area (Å²) in [5, 5.41) is 17.4. The first-order chi connectivity index (χ1) is 4.20. The van der Waals surface area contributed by atoms with Crippen LogP contribution in [0, 0.1) is 5.92 Å². The maximum absolute atomic E-state index is 8.69. The molecule has 0 amide bonds. The van der Waals surface area contributed by atoms with Crippen molar-refractivity contribution in [1.82, 2.24) is 0 Å². The minimum atomic E-state index is -1.13. The van der Waals surface area contributed by atoms with E-state index in [9.17, 15) is 0 Å². The summed E-state index contributed by atoms with van der Waals surface area (Å²) >= 11 is 0. The highest BCUT2D eigenvalue weighted by Crippen LogP contribution is 2.25. The Bertz CT molecular complexity index is 127. The third-order valence-electron chi connectivity index (χ3n) is 1.77. The zero-order valence-corrected chi connectivity index (χ0v) is 5.54. The lowest BCUT2D eigenvalue weighted by Gasteiger charge is -2.10. The summed E-state index contributed by atoms with van der Waals surface area (Å²) in [7, 11) is 0. The Labute approximate surface area is 54.8 Å². The van der Waals surface area contributed by atoms with E-state index >= 15 is 0 Å². The SMILES string of the molecule is CC1=CCC(C(O)O)C1. The van der Waals surface area contributed by atoms with Gasteiger partial charge in [0.1, 0.15) is 0 Å². The minimum absolute atomic E-state index is 0.0602. The summed E-state index contributed by atoms with van der Waals surface area (Å²) in [6.45, 7) is 2.02. The Balaban J connectivity index is 2.37. The van der Waals surface area contributed by atoms with Crippen molar-refractivity contribution in [2.45, 2.75) is 26.1 Å². The van der Waals surface area contributed by atoms with Gasteiger partial charge in [-0.3, -0.25) is 0 Å². The molecule has 2 nitrogen and oxygen atoms in total. The van der Waals surface area contributed by atoms with Gasteiger partial charge in [0.2, 0.25) is 0 Å². The molecule has 0 saturated heterocycles. The van der Waals surface area contributed by atoms with E-state index in [2.05, 4.69) is 6.08 Å². The molecule has 0 saturated carbocycles. The minimum Gasteiger partial charge on any atom is -0.368 e. The van der Waals surface area contributed by atoms with E-state index in [-0.39, 0.29) is 5.92 Å². The lowest BCUT2D eigenvalue weighted by atomic mass is 10.1. The van der Waals surface area contributed by atoms with E-state index in [4.69, 9.17) is 10.2 Å². The zero-order valence-electron chi connectivity index (χ0n) is 5.54. The van der Waals surface area contributed by atoms with Crippen LogP contribution < -0.4 is 0 Å². The third-order valence-corrected chi connectivity index (χ3v) is 1.77. The summed E-state index contributed by atoms with van der Waals surface area (Å²) < 4.78 is 0. The first kappa shape index (κ1) is 6.78. The van der Waals surface area contributed by atoms with Gasteiger partial charge >= 0.3 is 0 Å². The second-order valence-corrected chi connectivity index (χ2v) is 2.66. The van der Waals surface area contributed by atoms with Crippen LogP contribution in [0.15, 0.2) is 11.6 Å². The van der Waals surface area contributed by atoms with Crippen LogP contribution >= 0.6 is 0 Å². The van der Waals surface area contributed by atoms with Crippen molar-refractivity contribution in [3.8, 4) is 0 Å². The quantitative estimate of drug-likeness (QED) is 0.402. The van der Waals surface area contributed by atoms with Gasteiger partial charge in [-0.25, -0.2) is 0 Å². The summed E-state index contributed by atoms with van der Waals surface area (Å²) in [4.78, 5) is 0. The molecule has 9 heavy (non-hydrogen) atoms. The highest BCUT2D eigenvalue weighted by molar-refractivity contribution is 5.07. The van der Waals surface area contributed by atoms with E-state index in [1.807, 2.05) is 6.92 Å². The highest BCUT2D eigenvalue weighted by Gasteiger charge is 2.19. The maximum Gasteiger partial charge on any atom is 0.154 e. The average molecular weight is 128 g/mol. The molecule has 1 atom stereocenters. The fraction of sp³-hybridized carbons (Fsp3) is 0.714. The fourth-order valence-corrected chi connectivity index (χ4v) is 1.16. The van der Waals surface area contributed by atoms with Crippen molar-refractivity contribution in [2.75, 3.05) is 0 Å². The molecule has 1 unspecified atom stereocenters. The van der Waals surface area contributed by atoms with Crippen LogP contribution in [0.5, 0.6) is 0 Å². The van der Waals surface area contributed by atoms with Gasteiger partial charge in [-0.15, -0.1) is 0 Å². The Kier molecular flexibility index (Phi) is 1.88. The number of rotatable bonds is 1. The lowest BCUT2D eigenvalue weighted by molar-refractivity contribution is -0.0802. The van der Waals surface area contributed by atoms with Gasteiger partial charge in [-0.1, -0.05) is 11.6 Å². The van der Waals surface area contributed by atoms with Crippen molar-refractivity contribution in [1.29, 1.82) is 0 Å². The molecule has 0 aliphatic heterocycles. The van der Waals surface area contributed by atoms with Gasteiger partial charge in [-0.05, 0) is 19.8 Å². The number of hydrogen-bond donors (Lipinski definition) is 2. The molecule has 0 fully saturated rings. The Morgan fingerprint density at radius 2 is 2.33 bits per heavy atom. The Morgan fingerprint density at radius 1 is 1.67 bits per heavy atom. The van der Waals surface area contributed by atoms with Crippen molar-refractivity contribution >= 4 is 0 Å². The molecular weight excluding hydrogens is 116 g/mol. The molecule has 0 aromatic rings. The highest BCUT2D eigenvalue weighted by atomic mass is 16.5. The molecule has 2 N–H and O–H groups in total. The van der Waals surface area contributed by atoms with E-state index in [0.717, 1.165) is 12.8 Å². The number of allylic oxidation sites excluding steroid dienone is 2. The van der Waals surface area contributed by atoms with E-state index in [0.29, 0.717) is 0 Å². The van der Waals surface area contributed by atoms with E-state index < -0.39 is 6.29 Å². The number of aliphatic hydroxyl groups is 2. The van der Waals surface area contributed by atoms with Gasteiger partial charge in [-0.2, -0.15) is 0 Å².